The van der Waals surface area contributed by atoms with Crippen LogP contribution in [0.25, 0.3) is 11.0 Å². The van der Waals surface area contributed by atoms with Crippen LogP contribution in [0.15, 0.2) is 29.3 Å². The molecule has 0 unspecified atom stereocenters. The molecule has 1 aliphatic heterocycles. The molecule has 2 amide bonds. The van der Waals surface area contributed by atoms with Crippen LogP contribution in [0.2, 0.25) is 5.02 Å². The highest BCUT2D eigenvalue weighted by atomic mass is 35.5. The van der Waals surface area contributed by atoms with E-state index < -0.39 is 23.8 Å². The topological polar surface area (TPSA) is 103 Å². The first-order valence-corrected chi connectivity index (χ1v) is 8.80. The Morgan fingerprint density at radius 2 is 1.88 bits per heavy atom. The number of hydrogen-bond donors (Lipinski definition) is 2. The molecule has 1 aliphatic carbocycles. The molecule has 1 aromatic carbocycles. The van der Waals surface area contributed by atoms with E-state index in [2.05, 4.69) is 9.97 Å². The number of aliphatic carboxylic acids is 1. The van der Waals surface area contributed by atoms with Crippen molar-refractivity contribution in [3.05, 3.63) is 40.2 Å². The van der Waals surface area contributed by atoms with Gasteiger partial charge < -0.3 is 10.1 Å². The van der Waals surface area contributed by atoms with Gasteiger partial charge in [0.1, 0.15) is 11.9 Å². The lowest BCUT2D eigenvalue weighted by Crippen LogP contribution is -2.47. The maximum atomic E-state index is 12.6. The zero-order valence-electron chi connectivity index (χ0n) is 13.8. The van der Waals surface area contributed by atoms with E-state index in [9.17, 15) is 19.5 Å². The second kappa shape index (κ2) is 6.25. The summed E-state index contributed by atoms with van der Waals surface area (Å²) in [4.78, 5) is 45.4. The number of carbonyl (C=O) groups is 3. The fourth-order valence-electron chi connectivity index (χ4n) is 3.65. The third kappa shape index (κ3) is 2.68. The number of H-pyrrole nitrogens is 1. The van der Waals surface area contributed by atoms with Crippen LogP contribution >= 0.6 is 11.6 Å². The quantitative estimate of drug-likeness (QED) is 0.801. The second-order valence-corrected chi connectivity index (χ2v) is 6.98. The third-order valence-corrected chi connectivity index (χ3v) is 5.13. The minimum absolute atomic E-state index is 0.0837. The molecular formula is C18H16ClN3O4. The zero-order chi connectivity index (χ0) is 18.4. The number of imide groups is 1. The molecule has 4 rings (SSSR count). The van der Waals surface area contributed by atoms with Crippen molar-refractivity contribution in [2.45, 2.75) is 38.1 Å². The Labute approximate surface area is 153 Å². The standard InChI is InChI=1S/C18H16ClN3O4/c19-9-5-6-12-13(7-9)21-15(20-12)8-14(18(25)26)22-16(23)10-3-1-2-4-11(10)17(22)24/h5-7,14H,1-4,8H2,(H,20,21)(H,25,26)/t14-/m1/s1. The number of benzene rings is 1. The molecule has 0 fully saturated rings. The van der Waals surface area contributed by atoms with E-state index in [4.69, 9.17) is 11.6 Å². The van der Waals surface area contributed by atoms with Crippen molar-refractivity contribution in [2.75, 3.05) is 0 Å². The summed E-state index contributed by atoms with van der Waals surface area (Å²) in [5.41, 5.74) is 2.27. The van der Waals surface area contributed by atoms with Gasteiger partial charge in [-0.15, -0.1) is 0 Å². The van der Waals surface area contributed by atoms with Crippen molar-refractivity contribution in [3.63, 3.8) is 0 Å². The molecule has 8 heteroatoms. The molecule has 134 valence electrons. The summed E-state index contributed by atoms with van der Waals surface area (Å²) in [7, 11) is 0. The molecule has 2 aromatic rings. The average molecular weight is 374 g/mol. The number of hydrogen-bond acceptors (Lipinski definition) is 4. The molecule has 2 aliphatic rings. The van der Waals surface area contributed by atoms with Crippen LogP contribution in [0, 0.1) is 0 Å². The number of aromatic amines is 1. The van der Waals surface area contributed by atoms with Gasteiger partial charge in [-0.1, -0.05) is 11.6 Å². The number of imidazole rings is 1. The highest BCUT2D eigenvalue weighted by Crippen LogP contribution is 2.34. The Morgan fingerprint density at radius 3 is 2.50 bits per heavy atom. The maximum absolute atomic E-state index is 12.6. The predicted molar refractivity (Wildman–Crippen MR) is 93.6 cm³/mol. The van der Waals surface area contributed by atoms with Crippen LogP contribution in [0.4, 0.5) is 0 Å². The number of halogens is 1. The van der Waals surface area contributed by atoms with Crippen molar-refractivity contribution in [3.8, 4) is 0 Å². The highest BCUT2D eigenvalue weighted by molar-refractivity contribution is 6.31. The number of aromatic nitrogens is 2. The van der Waals surface area contributed by atoms with Gasteiger partial charge in [0.25, 0.3) is 11.8 Å². The van der Waals surface area contributed by atoms with E-state index in [1.165, 1.54) is 0 Å². The molecule has 7 nitrogen and oxygen atoms in total. The van der Waals surface area contributed by atoms with Crippen molar-refractivity contribution in [1.29, 1.82) is 0 Å². The minimum Gasteiger partial charge on any atom is -0.480 e. The first kappa shape index (κ1) is 16.8. The van der Waals surface area contributed by atoms with Gasteiger partial charge >= 0.3 is 5.97 Å². The summed E-state index contributed by atoms with van der Waals surface area (Å²) in [6.07, 6.45) is 2.67. The maximum Gasteiger partial charge on any atom is 0.327 e. The van der Waals surface area contributed by atoms with Crippen LogP contribution in [0.1, 0.15) is 31.5 Å². The first-order chi connectivity index (χ1) is 12.5. The summed E-state index contributed by atoms with van der Waals surface area (Å²) in [6, 6.07) is 3.81. The number of rotatable bonds is 4. The Bertz CT molecular complexity index is 950. The van der Waals surface area contributed by atoms with Gasteiger partial charge in [0.2, 0.25) is 0 Å². The lowest BCUT2D eigenvalue weighted by Gasteiger charge is -2.22. The number of carbonyl (C=O) groups excluding carboxylic acids is 2. The second-order valence-electron chi connectivity index (χ2n) is 6.55. The van der Waals surface area contributed by atoms with Gasteiger partial charge in [0.15, 0.2) is 0 Å². The number of nitrogens with one attached hydrogen (secondary N) is 1. The summed E-state index contributed by atoms with van der Waals surface area (Å²) >= 11 is 5.95. The summed E-state index contributed by atoms with van der Waals surface area (Å²) in [6.45, 7) is 0. The normalized spacial score (nSPS) is 18.6. The summed E-state index contributed by atoms with van der Waals surface area (Å²) in [5, 5.41) is 10.2. The number of carboxylic acids is 1. The van der Waals surface area contributed by atoms with Crippen molar-refractivity contribution < 1.29 is 19.5 Å². The lowest BCUT2D eigenvalue weighted by atomic mass is 9.93. The van der Waals surface area contributed by atoms with E-state index in [1.54, 1.807) is 18.2 Å². The number of carboxylic acid groups (broad SMARTS) is 1. The molecule has 0 saturated carbocycles. The molecule has 0 bridgehead atoms. The zero-order valence-corrected chi connectivity index (χ0v) is 14.5. The van der Waals surface area contributed by atoms with Gasteiger partial charge in [-0.05, 0) is 43.9 Å². The lowest BCUT2D eigenvalue weighted by molar-refractivity contribution is -0.153. The van der Waals surface area contributed by atoms with Crippen LogP contribution in [-0.4, -0.2) is 43.8 Å². The Balaban J connectivity index is 1.65. The van der Waals surface area contributed by atoms with E-state index in [0.717, 1.165) is 17.7 Å². The monoisotopic (exact) mass is 373 g/mol. The highest BCUT2D eigenvalue weighted by Gasteiger charge is 2.45. The molecule has 26 heavy (non-hydrogen) atoms. The van der Waals surface area contributed by atoms with Gasteiger partial charge in [-0.2, -0.15) is 0 Å². The van der Waals surface area contributed by atoms with Gasteiger partial charge in [-0.25, -0.2) is 9.78 Å². The number of fused-ring (bicyclic) bond motifs is 1. The van der Waals surface area contributed by atoms with E-state index in [-0.39, 0.29) is 6.42 Å². The van der Waals surface area contributed by atoms with Gasteiger partial charge in [-0.3, -0.25) is 14.5 Å². The van der Waals surface area contributed by atoms with Crippen molar-refractivity contribution in [1.82, 2.24) is 14.9 Å². The SMILES string of the molecule is O=C(O)[C@@H](Cc1nc2ccc(Cl)cc2[nH]1)N1C(=O)C2=C(CCCC2)C1=O. The summed E-state index contributed by atoms with van der Waals surface area (Å²) < 4.78 is 0. The van der Waals surface area contributed by atoms with E-state index in [1.807, 2.05) is 0 Å². The van der Waals surface area contributed by atoms with Crippen LogP contribution in [-0.2, 0) is 20.8 Å². The fourth-order valence-corrected chi connectivity index (χ4v) is 3.82. The third-order valence-electron chi connectivity index (χ3n) is 4.90. The van der Waals surface area contributed by atoms with Crippen LogP contribution < -0.4 is 0 Å². The van der Waals surface area contributed by atoms with Crippen molar-refractivity contribution >= 4 is 40.4 Å². The molecule has 1 aromatic heterocycles. The number of amides is 2. The largest absolute Gasteiger partial charge is 0.480 e. The Morgan fingerprint density at radius 1 is 1.23 bits per heavy atom. The van der Waals surface area contributed by atoms with E-state index >= 15 is 0 Å². The Kier molecular flexibility index (Phi) is 4.03. The Hall–Kier alpha value is -2.67. The van der Waals surface area contributed by atoms with Crippen LogP contribution in [0.3, 0.4) is 0 Å². The summed E-state index contributed by atoms with van der Waals surface area (Å²) in [5.74, 6) is -1.79. The minimum atomic E-state index is -1.29. The van der Waals surface area contributed by atoms with Crippen LogP contribution in [0.5, 0.6) is 0 Å². The predicted octanol–water partition coefficient (Wildman–Crippen LogP) is 2.45. The van der Waals surface area contributed by atoms with Gasteiger partial charge in [0.05, 0.1) is 11.0 Å². The van der Waals surface area contributed by atoms with E-state index in [0.29, 0.717) is 45.9 Å². The molecule has 0 saturated heterocycles. The molecular weight excluding hydrogens is 358 g/mol. The average Bonchev–Trinajstić information content (AvgIpc) is 3.12. The molecule has 2 N–H and O–H groups in total. The fraction of sp³-hybridized carbons (Fsp3) is 0.333. The van der Waals surface area contributed by atoms with Crippen molar-refractivity contribution in [2.24, 2.45) is 0 Å². The molecule has 0 radical (unpaired) electrons. The molecule has 1 atom stereocenters. The smallest absolute Gasteiger partial charge is 0.327 e. The first-order valence-electron chi connectivity index (χ1n) is 8.42. The number of nitrogens with zero attached hydrogens (tertiary/aromatic N) is 2. The van der Waals surface area contributed by atoms with Gasteiger partial charge in [0, 0.05) is 22.6 Å². The molecule has 0 spiro atoms. The molecule has 2 heterocycles.